The Bertz CT molecular complexity index is 532. The third kappa shape index (κ3) is 1.40. The van der Waals surface area contributed by atoms with Crippen LogP contribution in [0.25, 0.3) is 0 Å². The Morgan fingerprint density at radius 1 is 2.00 bits per heavy atom. The predicted octanol–water partition coefficient (Wildman–Crippen LogP) is 0.960. The summed E-state index contributed by atoms with van der Waals surface area (Å²) in [6.45, 7) is -2.88. The molecule has 1 aromatic rings. The van der Waals surface area contributed by atoms with Crippen molar-refractivity contribution in [2.75, 3.05) is 0 Å². The fourth-order valence-corrected chi connectivity index (χ4v) is 0.588. The van der Waals surface area contributed by atoms with Gasteiger partial charge in [-0.1, -0.05) is 0 Å². The molecule has 0 amide bonds. The SMILES string of the molecule is [2H]c1nc(C(=O)O)c(C([2H])([2H])[2H])c([2H])c1C#N. The lowest BCUT2D eigenvalue weighted by Gasteiger charge is -1.97. The van der Waals surface area contributed by atoms with Crippen molar-refractivity contribution < 1.29 is 16.8 Å². The first-order chi connectivity index (χ1) is 7.70. The molecule has 0 spiro atoms. The van der Waals surface area contributed by atoms with Crippen LogP contribution >= 0.6 is 0 Å². The molecule has 0 aliphatic rings. The first-order valence-electron chi connectivity index (χ1n) is 5.35. The molecule has 0 fully saturated rings. The number of nitriles is 1. The van der Waals surface area contributed by atoms with E-state index in [1.165, 1.54) is 6.07 Å². The lowest BCUT2D eigenvalue weighted by Crippen LogP contribution is -2.03. The highest BCUT2D eigenvalue weighted by molar-refractivity contribution is 5.87. The maximum absolute atomic E-state index is 10.8. The monoisotopic (exact) mass is 167 g/mol. The molecule has 0 saturated carbocycles. The van der Waals surface area contributed by atoms with E-state index in [0.29, 0.717) is 0 Å². The highest BCUT2D eigenvalue weighted by Gasteiger charge is 2.08. The third-order valence-electron chi connectivity index (χ3n) is 1.08. The molecule has 0 bridgehead atoms. The van der Waals surface area contributed by atoms with Crippen LogP contribution in [0, 0.1) is 18.2 Å². The number of rotatable bonds is 1. The van der Waals surface area contributed by atoms with Crippen LogP contribution < -0.4 is 0 Å². The zero-order chi connectivity index (χ0) is 13.4. The number of aromatic carboxylic acids is 1. The topological polar surface area (TPSA) is 74.0 Å². The molecule has 0 saturated heterocycles. The van der Waals surface area contributed by atoms with Crippen LogP contribution in [0.2, 0.25) is 0 Å². The second kappa shape index (κ2) is 3.01. The number of pyridine rings is 1. The molecule has 0 aromatic carbocycles. The van der Waals surface area contributed by atoms with Gasteiger partial charge in [-0.3, -0.25) is 0 Å². The molecule has 12 heavy (non-hydrogen) atoms. The number of carbonyl (C=O) groups is 1. The summed E-state index contributed by atoms with van der Waals surface area (Å²) >= 11 is 0. The molecule has 0 unspecified atom stereocenters. The van der Waals surface area contributed by atoms with Gasteiger partial charge in [0, 0.05) is 10.3 Å². The standard InChI is InChI=1S/C8H6N2O2/c1-5-2-6(3-9)4-10-7(5)8(11)12/h2,4H,1H3,(H,11,12)/i1D3,2D,4D. The second-order valence-electron chi connectivity index (χ2n) is 1.86. The van der Waals surface area contributed by atoms with Gasteiger partial charge in [0.05, 0.1) is 8.30 Å². The van der Waals surface area contributed by atoms with Crippen molar-refractivity contribution in [2.24, 2.45) is 0 Å². The van der Waals surface area contributed by atoms with Crippen LogP contribution in [0.3, 0.4) is 0 Å². The quantitative estimate of drug-likeness (QED) is 0.676. The van der Waals surface area contributed by atoms with Crippen molar-refractivity contribution in [2.45, 2.75) is 6.85 Å². The zero-order valence-corrected chi connectivity index (χ0v) is 5.75. The fraction of sp³-hybridized carbons (Fsp3) is 0.125. The Morgan fingerprint density at radius 3 is 3.25 bits per heavy atom. The molecular weight excluding hydrogens is 156 g/mol. The molecule has 0 aliphatic carbocycles. The van der Waals surface area contributed by atoms with Crippen molar-refractivity contribution in [1.29, 1.82) is 5.26 Å². The van der Waals surface area contributed by atoms with Gasteiger partial charge in [0.25, 0.3) is 0 Å². The fourth-order valence-electron chi connectivity index (χ4n) is 0.588. The van der Waals surface area contributed by atoms with Gasteiger partial charge in [-0.05, 0) is 18.5 Å². The summed E-state index contributed by atoms with van der Waals surface area (Å²) in [6, 6.07) is 0.675. The second-order valence-corrected chi connectivity index (χ2v) is 1.86. The van der Waals surface area contributed by atoms with E-state index in [1.54, 1.807) is 0 Å². The van der Waals surface area contributed by atoms with Crippen molar-refractivity contribution >= 4 is 5.97 Å². The summed E-state index contributed by atoms with van der Waals surface area (Å²) < 4.78 is 36.1. The number of hydrogen-bond acceptors (Lipinski definition) is 3. The van der Waals surface area contributed by atoms with E-state index in [-0.39, 0.29) is 0 Å². The van der Waals surface area contributed by atoms with Gasteiger partial charge in [0.15, 0.2) is 5.69 Å². The molecule has 1 N–H and O–H groups in total. The van der Waals surface area contributed by atoms with E-state index >= 15 is 0 Å². The van der Waals surface area contributed by atoms with E-state index in [0.717, 1.165) is 0 Å². The predicted molar refractivity (Wildman–Crippen MR) is 40.6 cm³/mol. The third-order valence-corrected chi connectivity index (χ3v) is 1.08. The Hall–Kier alpha value is -1.89. The van der Waals surface area contributed by atoms with Crippen molar-refractivity contribution in [1.82, 2.24) is 4.98 Å². The summed E-state index contributed by atoms with van der Waals surface area (Å²) in [5.41, 5.74) is -2.27. The number of hydrogen-bond donors (Lipinski definition) is 1. The van der Waals surface area contributed by atoms with Crippen LogP contribution in [-0.4, -0.2) is 16.1 Å². The van der Waals surface area contributed by atoms with Crippen LogP contribution in [0.4, 0.5) is 0 Å². The summed E-state index contributed by atoms with van der Waals surface area (Å²) in [5, 5.41) is 17.4. The van der Waals surface area contributed by atoms with Gasteiger partial charge in [0.1, 0.15) is 6.07 Å². The number of aromatic nitrogens is 1. The highest BCUT2D eigenvalue weighted by atomic mass is 16.4. The molecule has 1 aromatic heterocycles. The minimum Gasteiger partial charge on any atom is -0.477 e. The summed E-state index contributed by atoms with van der Waals surface area (Å²) in [4.78, 5) is 14.0. The Labute approximate surface area is 76.1 Å². The first kappa shape index (κ1) is 3.68. The molecule has 1 rings (SSSR count). The van der Waals surface area contributed by atoms with Crippen LogP contribution in [0.5, 0.6) is 0 Å². The van der Waals surface area contributed by atoms with Crippen LogP contribution in [0.15, 0.2) is 12.2 Å². The van der Waals surface area contributed by atoms with Gasteiger partial charge < -0.3 is 5.11 Å². The minimum absolute atomic E-state index is 0.555. The largest absolute Gasteiger partial charge is 0.477 e. The van der Waals surface area contributed by atoms with E-state index < -0.39 is 41.9 Å². The number of nitrogens with zero attached hydrogens (tertiary/aromatic N) is 2. The van der Waals surface area contributed by atoms with Gasteiger partial charge in [-0.15, -0.1) is 0 Å². The lowest BCUT2D eigenvalue weighted by molar-refractivity contribution is 0.0689. The van der Waals surface area contributed by atoms with Gasteiger partial charge in [-0.2, -0.15) is 5.26 Å². The molecule has 0 aliphatic heterocycles. The van der Waals surface area contributed by atoms with E-state index in [1.807, 2.05) is 0 Å². The normalized spacial score (nSPS) is 16.1. The highest BCUT2D eigenvalue weighted by Crippen LogP contribution is 2.06. The Morgan fingerprint density at radius 2 is 2.75 bits per heavy atom. The molecule has 0 atom stereocenters. The van der Waals surface area contributed by atoms with Gasteiger partial charge in [0.2, 0.25) is 0 Å². The summed E-state index contributed by atoms with van der Waals surface area (Å²) in [6.07, 6.45) is -0.720. The number of carboxylic acid groups (broad SMARTS) is 1. The molecule has 4 heteroatoms. The maximum atomic E-state index is 10.8. The maximum Gasteiger partial charge on any atom is 0.354 e. The minimum atomic E-state index is -2.88. The van der Waals surface area contributed by atoms with Crippen molar-refractivity contribution in [3.8, 4) is 6.07 Å². The Kier molecular flexibility index (Phi) is 0.922. The van der Waals surface area contributed by atoms with E-state index in [4.69, 9.17) is 17.2 Å². The van der Waals surface area contributed by atoms with Crippen LogP contribution in [-0.2, 0) is 0 Å². The van der Waals surface area contributed by atoms with Gasteiger partial charge >= 0.3 is 5.97 Å². The molecule has 1 heterocycles. The van der Waals surface area contributed by atoms with Crippen LogP contribution in [0.1, 0.15) is 28.5 Å². The van der Waals surface area contributed by atoms with Crippen molar-refractivity contribution in [3.05, 3.63) is 29.0 Å². The molecule has 60 valence electrons. The summed E-state index contributed by atoms with van der Waals surface area (Å²) in [7, 11) is 0. The van der Waals surface area contributed by atoms with E-state index in [2.05, 4.69) is 4.98 Å². The zero-order valence-electron chi connectivity index (χ0n) is 10.7. The van der Waals surface area contributed by atoms with E-state index in [9.17, 15) is 4.79 Å². The lowest BCUT2D eigenvalue weighted by atomic mass is 10.2. The smallest absolute Gasteiger partial charge is 0.354 e. The first-order valence-corrected chi connectivity index (χ1v) is 2.85. The number of carboxylic acids is 1. The summed E-state index contributed by atoms with van der Waals surface area (Å²) in [5.74, 6) is -1.65. The molecule has 4 nitrogen and oxygen atoms in total. The average Bonchev–Trinajstić information content (AvgIpc) is 2.14. The van der Waals surface area contributed by atoms with Crippen molar-refractivity contribution in [3.63, 3.8) is 0 Å². The molecular formula is C8H6N2O2. The molecule has 0 radical (unpaired) electrons. The average molecular weight is 167 g/mol. The van der Waals surface area contributed by atoms with Gasteiger partial charge in [-0.25, -0.2) is 9.78 Å². The Balaban J connectivity index is 3.78.